The predicted molar refractivity (Wildman–Crippen MR) is 76.7 cm³/mol. The van der Waals surface area contributed by atoms with Gasteiger partial charge in [-0.3, -0.25) is 4.79 Å². The molecule has 19 heavy (non-hydrogen) atoms. The van der Waals surface area contributed by atoms with Gasteiger partial charge in [-0.05, 0) is 49.4 Å². The van der Waals surface area contributed by atoms with Gasteiger partial charge in [0.1, 0.15) is 0 Å². The number of carbonyl (C=O) groups is 1. The summed E-state index contributed by atoms with van der Waals surface area (Å²) in [6.45, 7) is 7.29. The fraction of sp³-hybridized carbons (Fsp3) is 0.938. The molecular weight excluding hydrogens is 238 g/mol. The van der Waals surface area contributed by atoms with Gasteiger partial charge < -0.3 is 10.0 Å². The number of likely N-dealkylation sites (N-methyl/N-ethyl adjacent to an activating group) is 1. The number of hydrogen-bond acceptors (Lipinski definition) is 2. The molecule has 2 rings (SSSR count). The fourth-order valence-corrected chi connectivity index (χ4v) is 3.85. The minimum Gasteiger partial charge on any atom is -0.391 e. The summed E-state index contributed by atoms with van der Waals surface area (Å²) in [5.74, 6) is 1.45. The number of amides is 1. The van der Waals surface area contributed by atoms with Gasteiger partial charge in [0.25, 0.3) is 0 Å². The van der Waals surface area contributed by atoms with E-state index in [0.717, 1.165) is 25.7 Å². The molecule has 0 aromatic rings. The minimum atomic E-state index is -0.317. The van der Waals surface area contributed by atoms with Gasteiger partial charge in [-0.15, -0.1) is 0 Å². The van der Waals surface area contributed by atoms with Gasteiger partial charge in [-0.25, -0.2) is 0 Å². The zero-order valence-corrected chi connectivity index (χ0v) is 12.9. The molecule has 0 aromatic carbocycles. The highest BCUT2D eigenvalue weighted by Crippen LogP contribution is 2.42. The molecular formula is C16H29NO2. The van der Waals surface area contributed by atoms with Crippen LogP contribution in [0.15, 0.2) is 0 Å². The van der Waals surface area contributed by atoms with E-state index in [2.05, 4.69) is 20.8 Å². The average molecular weight is 267 g/mol. The van der Waals surface area contributed by atoms with E-state index >= 15 is 0 Å². The first-order valence-electron chi connectivity index (χ1n) is 7.71. The fourth-order valence-electron chi connectivity index (χ4n) is 3.85. The molecule has 2 fully saturated rings. The lowest BCUT2D eigenvalue weighted by Gasteiger charge is -2.39. The number of rotatable bonds is 4. The van der Waals surface area contributed by atoms with Gasteiger partial charge in [-0.2, -0.15) is 0 Å². The SMILES string of the molecule is CC1CC(C(=O)N(C)CC(O)C2CC2)CC(C)(C)C1. The van der Waals surface area contributed by atoms with Crippen molar-refractivity contribution < 1.29 is 9.90 Å². The first-order valence-corrected chi connectivity index (χ1v) is 7.71. The normalized spacial score (nSPS) is 31.8. The molecule has 3 atom stereocenters. The highest BCUT2D eigenvalue weighted by atomic mass is 16.3. The van der Waals surface area contributed by atoms with Crippen LogP contribution >= 0.6 is 0 Å². The zero-order valence-electron chi connectivity index (χ0n) is 12.9. The third-order valence-electron chi connectivity index (χ3n) is 4.74. The second-order valence-corrected chi connectivity index (χ2v) is 7.73. The van der Waals surface area contributed by atoms with Gasteiger partial charge >= 0.3 is 0 Å². The Labute approximate surface area is 117 Å². The van der Waals surface area contributed by atoms with Crippen LogP contribution in [-0.4, -0.2) is 35.6 Å². The Hall–Kier alpha value is -0.570. The van der Waals surface area contributed by atoms with Crippen molar-refractivity contribution in [1.82, 2.24) is 4.90 Å². The van der Waals surface area contributed by atoms with Crippen molar-refractivity contribution in [1.29, 1.82) is 0 Å². The van der Waals surface area contributed by atoms with E-state index in [1.54, 1.807) is 4.90 Å². The Morgan fingerprint density at radius 1 is 1.37 bits per heavy atom. The number of hydrogen-bond donors (Lipinski definition) is 1. The molecule has 0 aliphatic heterocycles. The molecule has 2 saturated carbocycles. The smallest absolute Gasteiger partial charge is 0.225 e. The Bertz CT molecular complexity index is 336. The molecule has 0 bridgehead atoms. The van der Waals surface area contributed by atoms with E-state index in [1.807, 2.05) is 7.05 Å². The molecule has 0 aromatic heterocycles. The summed E-state index contributed by atoms with van der Waals surface area (Å²) >= 11 is 0. The first-order chi connectivity index (χ1) is 8.78. The molecule has 2 aliphatic rings. The molecule has 0 spiro atoms. The zero-order chi connectivity index (χ0) is 14.2. The molecule has 0 heterocycles. The van der Waals surface area contributed by atoms with Crippen molar-refractivity contribution in [3.63, 3.8) is 0 Å². The van der Waals surface area contributed by atoms with Crippen LogP contribution in [0.25, 0.3) is 0 Å². The van der Waals surface area contributed by atoms with E-state index in [4.69, 9.17) is 0 Å². The largest absolute Gasteiger partial charge is 0.391 e. The van der Waals surface area contributed by atoms with Gasteiger partial charge in [0.15, 0.2) is 0 Å². The Kier molecular flexibility index (Phi) is 4.24. The molecule has 1 N–H and O–H groups in total. The Balaban J connectivity index is 1.90. The van der Waals surface area contributed by atoms with Gasteiger partial charge in [0.05, 0.1) is 6.10 Å². The van der Waals surface area contributed by atoms with Crippen molar-refractivity contribution >= 4 is 5.91 Å². The minimum absolute atomic E-state index is 0.148. The van der Waals surface area contributed by atoms with E-state index in [9.17, 15) is 9.90 Å². The second-order valence-electron chi connectivity index (χ2n) is 7.73. The first kappa shape index (κ1) is 14.8. The van der Waals surface area contributed by atoms with Crippen LogP contribution in [0.5, 0.6) is 0 Å². The molecule has 2 aliphatic carbocycles. The van der Waals surface area contributed by atoms with Crippen LogP contribution in [0.1, 0.15) is 52.9 Å². The summed E-state index contributed by atoms with van der Waals surface area (Å²) in [6, 6.07) is 0. The lowest BCUT2D eigenvalue weighted by atomic mass is 9.67. The summed E-state index contributed by atoms with van der Waals surface area (Å²) in [7, 11) is 1.85. The average Bonchev–Trinajstić information content (AvgIpc) is 3.08. The number of aliphatic hydroxyl groups is 1. The molecule has 0 saturated heterocycles. The van der Waals surface area contributed by atoms with Crippen LogP contribution < -0.4 is 0 Å². The maximum Gasteiger partial charge on any atom is 0.225 e. The standard InChI is InChI=1S/C16H29NO2/c1-11-7-13(9-16(2,3)8-11)15(19)17(4)10-14(18)12-5-6-12/h11-14,18H,5-10H2,1-4H3. The van der Waals surface area contributed by atoms with E-state index in [0.29, 0.717) is 18.4 Å². The summed E-state index contributed by atoms with van der Waals surface area (Å²) < 4.78 is 0. The molecule has 3 unspecified atom stereocenters. The molecule has 110 valence electrons. The van der Waals surface area contributed by atoms with E-state index < -0.39 is 0 Å². The predicted octanol–water partition coefficient (Wildman–Crippen LogP) is 2.68. The van der Waals surface area contributed by atoms with Crippen molar-refractivity contribution in [2.75, 3.05) is 13.6 Å². The van der Waals surface area contributed by atoms with Crippen LogP contribution in [0.2, 0.25) is 0 Å². The van der Waals surface area contributed by atoms with Crippen LogP contribution in [0.4, 0.5) is 0 Å². The molecule has 3 heteroatoms. The Morgan fingerprint density at radius 3 is 2.53 bits per heavy atom. The van der Waals surface area contributed by atoms with Crippen LogP contribution in [0.3, 0.4) is 0 Å². The lowest BCUT2D eigenvalue weighted by molar-refractivity contribution is -0.138. The molecule has 0 radical (unpaired) electrons. The number of carbonyl (C=O) groups excluding carboxylic acids is 1. The van der Waals surface area contributed by atoms with Crippen molar-refractivity contribution in [3.05, 3.63) is 0 Å². The quantitative estimate of drug-likeness (QED) is 0.850. The number of aliphatic hydroxyl groups excluding tert-OH is 1. The second kappa shape index (κ2) is 5.43. The maximum absolute atomic E-state index is 12.5. The highest BCUT2D eigenvalue weighted by molar-refractivity contribution is 5.78. The third kappa shape index (κ3) is 3.95. The van der Waals surface area contributed by atoms with Gasteiger partial charge in [-0.1, -0.05) is 20.8 Å². The van der Waals surface area contributed by atoms with E-state index in [1.165, 1.54) is 6.42 Å². The van der Waals surface area contributed by atoms with Crippen molar-refractivity contribution in [2.45, 2.75) is 59.0 Å². The highest BCUT2D eigenvalue weighted by Gasteiger charge is 2.38. The van der Waals surface area contributed by atoms with E-state index in [-0.39, 0.29) is 23.3 Å². The van der Waals surface area contributed by atoms with Crippen molar-refractivity contribution in [3.8, 4) is 0 Å². The van der Waals surface area contributed by atoms with Gasteiger partial charge in [0.2, 0.25) is 5.91 Å². The lowest BCUT2D eigenvalue weighted by Crippen LogP contribution is -2.42. The van der Waals surface area contributed by atoms with Gasteiger partial charge in [0, 0.05) is 19.5 Å². The molecule has 1 amide bonds. The summed E-state index contributed by atoms with van der Waals surface area (Å²) in [5.41, 5.74) is 0.272. The Morgan fingerprint density at radius 2 is 2.00 bits per heavy atom. The van der Waals surface area contributed by atoms with Crippen molar-refractivity contribution in [2.24, 2.45) is 23.2 Å². The summed E-state index contributed by atoms with van der Waals surface area (Å²) in [4.78, 5) is 14.3. The maximum atomic E-state index is 12.5. The molecule has 3 nitrogen and oxygen atoms in total. The third-order valence-corrected chi connectivity index (χ3v) is 4.74. The van der Waals surface area contributed by atoms with Crippen LogP contribution in [0, 0.1) is 23.2 Å². The summed E-state index contributed by atoms with van der Waals surface area (Å²) in [6.07, 6.45) is 5.13. The topological polar surface area (TPSA) is 40.5 Å². The van der Waals surface area contributed by atoms with Crippen LogP contribution in [-0.2, 0) is 4.79 Å². The summed E-state index contributed by atoms with van der Waals surface area (Å²) in [5, 5.41) is 9.97. The monoisotopic (exact) mass is 267 g/mol. The number of nitrogens with zero attached hydrogens (tertiary/aromatic N) is 1.